The second-order valence-electron chi connectivity index (χ2n) is 2.79. The predicted octanol–water partition coefficient (Wildman–Crippen LogP) is 0.113. The smallest absolute Gasteiger partial charge is 0.450 e. The molecule has 0 aliphatic carbocycles. The van der Waals surface area contributed by atoms with Gasteiger partial charge in [-0.25, -0.2) is 4.79 Å². The summed E-state index contributed by atoms with van der Waals surface area (Å²) in [6, 6.07) is 0. The lowest BCUT2D eigenvalue weighted by atomic mass is 9.91. The summed E-state index contributed by atoms with van der Waals surface area (Å²) in [5, 5.41) is 41.0. The number of aliphatic hydroxyl groups excluding tert-OH is 2. The zero-order valence-electron chi connectivity index (χ0n) is 8.34. The van der Waals surface area contributed by atoms with Crippen LogP contribution in [0.4, 0.5) is 4.79 Å². The van der Waals surface area contributed by atoms with Crippen molar-refractivity contribution in [3.05, 3.63) is 0 Å². The highest BCUT2D eigenvalue weighted by Gasteiger charge is 2.30. The summed E-state index contributed by atoms with van der Waals surface area (Å²) in [5.41, 5.74) is -1.10. The molecule has 0 fully saturated rings. The average Bonchev–Trinajstić information content (AvgIpc) is 2.14. The molecule has 0 saturated carbocycles. The van der Waals surface area contributed by atoms with Gasteiger partial charge in [-0.15, -0.1) is 0 Å². The Bertz CT molecular complexity index is 150. The van der Waals surface area contributed by atoms with E-state index in [1.54, 1.807) is 13.8 Å². The Morgan fingerprint density at radius 1 is 1.29 bits per heavy atom. The summed E-state index contributed by atoms with van der Waals surface area (Å²) in [5.74, 6) is 0. The SMILES string of the molecule is CCC(O)(CC)C(O)CO.O=C(O)O. The van der Waals surface area contributed by atoms with Gasteiger partial charge in [0.2, 0.25) is 0 Å². The van der Waals surface area contributed by atoms with Gasteiger partial charge in [0.05, 0.1) is 12.2 Å². The van der Waals surface area contributed by atoms with Crippen molar-refractivity contribution in [3.8, 4) is 0 Å². The summed E-state index contributed by atoms with van der Waals surface area (Å²) < 4.78 is 0. The molecule has 0 spiro atoms. The average molecular weight is 210 g/mol. The molecule has 86 valence electrons. The molecule has 0 amide bonds. The number of rotatable bonds is 4. The number of carbonyl (C=O) groups is 1. The van der Waals surface area contributed by atoms with E-state index in [9.17, 15) is 5.11 Å². The Hall–Kier alpha value is -0.850. The molecule has 0 radical (unpaired) electrons. The topological polar surface area (TPSA) is 118 Å². The fourth-order valence-corrected chi connectivity index (χ4v) is 0.891. The first-order chi connectivity index (χ1) is 6.33. The van der Waals surface area contributed by atoms with Crippen LogP contribution in [-0.4, -0.2) is 50.0 Å². The van der Waals surface area contributed by atoms with Gasteiger partial charge in [-0.3, -0.25) is 0 Å². The first-order valence-corrected chi connectivity index (χ1v) is 4.27. The molecular weight excluding hydrogens is 192 g/mol. The second-order valence-corrected chi connectivity index (χ2v) is 2.79. The third-order valence-electron chi connectivity index (χ3n) is 2.02. The van der Waals surface area contributed by atoms with Crippen molar-refractivity contribution in [1.29, 1.82) is 0 Å². The third-order valence-corrected chi connectivity index (χ3v) is 2.02. The van der Waals surface area contributed by atoms with Crippen LogP contribution in [0.1, 0.15) is 26.7 Å². The van der Waals surface area contributed by atoms with E-state index in [0.717, 1.165) is 0 Å². The van der Waals surface area contributed by atoms with Gasteiger partial charge in [-0.2, -0.15) is 0 Å². The van der Waals surface area contributed by atoms with Crippen molar-refractivity contribution in [1.82, 2.24) is 0 Å². The van der Waals surface area contributed by atoms with Crippen LogP contribution >= 0.6 is 0 Å². The highest BCUT2D eigenvalue weighted by molar-refractivity contribution is 5.53. The number of hydrogen-bond donors (Lipinski definition) is 5. The van der Waals surface area contributed by atoms with Gasteiger partial charge in [0, 0.05) is 0 Å². The molecular formula is C8H18O6. The summed E-state index contributed by atoms with van der Waals surface area (Å²) in [7, 11) is 0. The molecule has 1 atom stereocenters. The van der Waals surface area contributed by atoms with Crippen LogP contribution in [0.3, 0.4) is 0 Å². The van der Waals surface area contributed by atoms with E-state index in [0.29, 0.717) is 12.8 Å². The number of hydrogen-bond acceptors (Lipinski definition) is 4. The quantitative estimate of drug-likeness (QED) is 0.449. The zero-order valence-corrected chi connectivity index (χ0v) is 8.34. The molecule has 0 aliphatic rings. The normalized spacial score (nSPS) is 12.6. The van der Waals surface area contributed by atoms with Crippen LogP contribution < -0.4 is 0 Å². The number of carboxylic acid groups (broad SMARTS) is 2. The Labute approximate surface area is 82.4 Å². The summed E-state index contributed by atoms with van der Waals surface area (Å²) in [4.78, 5) is 8.56. The highest BCUT2D eigenvalue weighted by Crippen LogP contribution is 2.18. The van der Waals surface area contributed by atoms with E-state index in [2.05, 4.69) is 0 Å². The van der Waals surface area contributed by atoms with Gasteiger partial charge in [0.25, 0.3) is 0 Å². The van der Waals surface area contributed by atoms with Gasteiger partial charge < -0.3 is 25.5 Å². The van der Waals surface area contributed by atoms with E-state index in [1.165, 1.54) is 0 Å². The van der Waals surface area contributed by atoms with Crippen LogP contribution in [0.15, 0.2) is 0 Å². The van der Waals surface area contributed by atoms with E-state index >= 15 is 0 Å². The lowest BCUT2D eigenvalue weighted by molar-refractivity contribution is -0.0985. The second kappa shape index (κ2) is 7.54. The minimum atomic E-state index is -1.83. The van der Waals surface area contributed by atoms with Crippen molar-refractivity contribution in [2.24, 2.45) is 0 Å². The molecule has 0 aromatic heterocycles. The molecule has 14 heavy (non-hydrogen) atoms. The maximum atomic E-state index is 9.49. The minimum absolute atomic E-state index is 0.377. The highest BCUT2D eigenvalue weighted by atomic mass is 16.6. The Balaban J connectivity index is 0. The van der Waals surface area contributed by atoms with E-state index in [4.69, 9.17) is 25.2 Å². The lowest BCUT2D eigenvalue weighted by Crippen LogP contribution is -2.43. The maximum Gasteiger partial charge on any atom is 0.503 e. The summed E-state index contributed by atoms with van der Waals surface area (Å²) in [6.45, 7) is 3.18. The van der Waals surface area contributed by atoms with E-state index in [-0.39, 0.29) is 6.61 Å². The maximum absolute atomic E-state index is 9.49. The standard InChI is InChI=1S/C7H16O3.CH2O3/c1-3-7(10,4-2)6(9)5-8;2-1(3)4/h6,8-10H,3-5H2,1-2H3;(H2,2,3,4). The molecule has 0 saturated heterocycles. The van der Waals surface area contributed by atoms with Gasteiger partial charge >= 0.3 is 6.16 Å². The van der Waals surface area contributed by atoms with Crippen molar-refractivity contribution in [3.63, 3.8) is 0 Å². The molecule has 0 aromatic carbocycles. The molecule has 5 N–H and O–H groups in total. The molecule has 6 nitrogen and oxygen atoms in total. The van der Waals surface area contributed by atoms with Crippen LogP contribution in [0, 0.1) is 0 Å². The zero-order chi connectivity index (χ0) is 11.8. The largest absolute Gasteiger partial charge is 0.503 e. The Kier molecular flexibility index (Phi) is 8.41. The molecule has 0 heterocycles. The van der Waals surface area contributed by atoms with Crippen LogP contribution in [-0.2, 0) is 0 Å². The van der Waals surface area contributed by atoms with Gasteiger partial charge in [-0.05, 0) is 12.8 Å². The summed E-state index contributed by atoms with van der Waals surface area (Å²) >= 11 is 0. The van der Waals surface area contributed by atoms with E-state index in [1.807, 2.05) is 0 Å². The molecule has 0 rings (SSSR count). The molecule has 0 bridgehead atoms. The predicted molar refractivity (Wildman–Crippen MR) is 49.3 cm³/mol. The number of aliphatic hydroxyl groups is 3. The van der Waals surface area contributed by atoms with Gasteiger partial charge in [0.15, 0.2) is 0 Å². The molecule has 0 aromatic rings. The van der Waals surface area contributed by atoms with Gasteiger partial charge in [-0.1, -0.05) is 13.8 Å². The third kappa shape index (κ3) is 6.64. The van der Waals surface area contributed by atoms with Crippen LogP contribution in [0.25, 0.3) is 0 Å². The Morgan fingerprint density at radius 2 is 1.57 bits per heavy atom. The fraction of sp³-hybridized carbons (Fsp3) is 0.875. The van der Waals surface area contributed by atoms with Crippen LogP contribution in [0.5, 0.6) is 0 Å². The van der Waals surface area contributed by atoms with Crippen LogP contribution in [0.2, 0.25) is 0 Å². The fourth-order valence-electron chi connectivity index (χ4n) is 0.891. The first-order valence-electron chi connectivity index (χ1n) is 4.27. The van der Waals surface area contributed by atoms with Crippen molar-refractivity contribution >= 4 is 6.16 Å². The van der Waals surface area contributed by atoms with Crippen molar-refractivity contribution < 1.29 is 30.3 Å². The lowest BCUT2D eigenvalue weighted by Gasteiger charge is -2.29. The molecule has 0 aliphatic heterocycles. The summed E-state index contributed by atoms with van der Waals surface area (Å²) in [6.07, 6.45) is -1.92. The van der Waals surface area contributed by atoms with E-state index < -0.39 is 17.9 Å². The van der Waals surface area contributed by atoms with Gasteiger partial charge in [0.1, 0.15) is 6.10 Å². The van der Waals surface area contributed by atoms with Crippen molar-refractivity contribution in [2.75, 3.05) is 6.61 Å². The molecule has 1 unspecified atom stereocenters. The monoisotopic (exact) mass is 210 g/mol. The minimum Gasteiger partial charge on any atom is -0.450 e. The Morgan fingerprint density at radius 3 is 1.64 bits per heavy atom. The first kappa shape index (κ1) is 15.6. The molecule has 6 heteroatoms. The van der Waals surface area contributed by atoms with Crippen molar-refractivity contribution in [2.45, 2.75) is 38.4 Å².